The molecule has 1 aliphatic carbocycles. The molecular formula is C21H26N2O5. The SMILES string of the molecule is COc1cccc(C(=O)N2CC3(CCN(C(=O)C4CC4)CC3)C[C@H]2C(=O)O)c1. The van der Waals surface area contributed by atoms with Crippen molar-refractivity contribution in [3.8, 4) is 5.75 Å². The van der Waals surface area contributed by atoms with Gasteiger partial charge in [-0.2, -0.15) is 0 Å². The van der Waals surface area contributed by atoms with Gasteiger partial charge in [-0.1, -0.05) is 6.07 Å². The van der Waals surface area contributed by atoms with Crippen LogP contribution in [0.4, 0.5) is 0 Å². The molecule has 3 fully saturated rings. The lowest BCUT2D eigenvalue weighted by atomic mass is 9.76. The molecule has 28 heavy (non-hydrogen) atoms. The number of benzene rings is 1. The maximum atomic E-state index is 13.1. The highest BCUT2D eigenvalue weighted by atomic mass is 16.5. The Labute approximate surface area is 164 Å². The molecule has 1 N–H and O–H groups in total. The number of hydrogen-bond donors (Lipinski definition) is 1. The van der Waals surface area contributed by atoms with E-state index in [1.54, 1.807) is 24.3 Å². The molecule has 1 aromatic rings. The van der Waals surface area contributed by atoms with Crippen LogP contribution in [0.1, 0.15) is 42.5 Å². The van der Waals surface area contributed by atoms with Crippen molar-refractivity contribution in [3.63, 3.8) is 0 Å². The molecule has 2 heterocycles. The standard InChI is InChI=1S/C21H26N2O5/c1-28-16-4-2-3-15(11-16)19(25)23-13-21(12-17(23)20(26)27)7-9-22(10-8-21)18(24)14-5-6-14/h2-4,11,14,17H,5-10,12-13H2,1H3,(H,26,27)/t17-/m0/s1. The monoisotopic (exact) mass is 386 g/mol. The molecule has 150 valence electrons. The number of methoxy groups -OCH3 is 1. The summed E-state index contributed by atoms with van der Waals surface area (Å²) in [6.45, 7) is 1.73. The minimum atomic E-state index is -0.968. The Hall–Kier alpha value is -2.57. The average Bonchev–Trinajstić information content (AvgIpc) is 3.50. The van der Waals surface area contributed by atoms with Crippen molar-refractivity contribution in [1.29, 1.82) is 0 Å². The van der Waals surface area contributed by atoms with Crippen LogP contribution in [0.2, 0.25) is 0 Å². The minimum Gasteiger partial charge on any atom is -0.497 e. The number of ether oxygens (including phenoxy) is 1. The zero-order valence-electron chi connectivity index (χ0n) is 16.1. The van der Waals surface area contributed by atoms with Crippen LogP contribution in [0.15, 0.2) is 24.3 Å². The van der Waals surface area contributed by atoms with Crippen LogP contribution >= 0.6 is 0 Å². The molecule has 0 bridgehead atoms. The van der Waals surface area contributed by atoms with E-state index in [9.17, 15) is 19.5 Å². The van der Waals surface area contributed by atoms with Crippen molar-refractivity contribution in [2.24, 2.45) is 11.3 Å². The van der Waals surface area contributed by atoms with E-state index >= 15 is 0 Å². The summed E-state index contributed by atoms with van der Waals surface area (Å²) < 4.78 is 5.19. The smallest absolute Gasteiger partial charge is 0.326 e. The summed E-state index contributed by atoms with van der Waals surface area (Å²) in [6.07, 6.45) is 3.92. The van der Waals surface area contributed by atoms with Crippen molar-refractivity contribution in [1.82, 2.24) is 9.80 Å². The van der Waals surface area contributed by atoms with Gasteiger partial charge in [0.25, 0.3) is 5.91 Å². The molecule has 3 aliphatic rings. The number of piperidine rings is 1. The van der Waals surface area contributed by atoms with E-state index < -0.39 is 12.0 Å². The summed E-state index contributed by atoms with van der Waals surface area (Å²) in [5.41, 5.74) is 0.210. The summed E-state index contributed by atoms with van der Waals surface area (Å²) in [5.74, 6) is -0.231. The first-order chi connectivity index (χ1) is 13.4. The van der Waals surface area contributed by atoms with Gasteiger partial charge in [0.2, 0.25) is 5.91 Å². The molecule has 1 aromatic carbocycles. The zero-order chi connectivity index (χ0) is 19.9. The van der Waals surface area contributed by atoms with Crippen LogP contribution in [0.5, 0.6) is 5.75 Å². The fraction of sp³-hybridized carbons (Fsp3) is 0.571. The minimum absolute atomic E-state index is 0.204. The topological polar surface area (TPSA) is 87.2 Å². The predicted octanol–water partition coefficient (Wildman–Crippen LogP) is 2.01. The third-order valence-corrected chi connectivity index (χ3v) is 6.43. The lowest BCUT2D eigenvalue weighted by Crippen LogP contribution is -2.45. The second kappa shape index (κ2) is 7.11. The fourth-order valence-electron chi connectivity index (χ4n) is 4.56. The number of aliphatic carboxylic acids is 1. The maximum Gasteiger partial charge on any atom is 0.326 e. The Balaban J connectivity index is 1.49. The van der Waals surface area contributed by atoms with Gasteiger partial charge in [-0.15, -0.1) is 0 Å². The number of carboxylic acid groups (broad SMARTS) is 1. The molecule has 7 heteroatoms. The lowest BCUT2D eigenvalue weighted by Gasteiger charge is -2.39. The highest BCUT2D eigenvalue weighted by molar-refractivity contribution is 5.97. The number of carboxylic acids is 1. The van der Waals surface area contributed by atoms with E-state index in [0.29, 0.717) is 37.4 Å². The number of carbonyl (C=O) groups excluding carboxylic acids is 2. The van der Waals surface area contributed by atoms with Crippen molar-refractivity contribution in [3.05, 3.63) is 29.8 Å². The van der Waals surface area contributed by atoms with Gasteiger partial charge >= 0.3 is 5.97 Å². The average molecular weight is 386 g/mol. The number of nitrogens with zero attached hydrogens (tertiary/aromatic N) is 2. The van der Waals surface area contributed by atoms with Crippen molar-refractivity contribution in [2.75, 3.05) is 26.7 Å². The molecule has 4 rings (SSSR count). The Morgan fingerprint density at radius 3 is 2.50 bits per heavy atom. The van der Waals surface area contributed by atoms with Gasteiger partial charge in [0.15, 0.2) is 0 Å². The van der Waals surface area contributed by atoms with Crippen LogP contribution in [-0.2, 0) is 9.59 Å². The van der Waals surface area contributed by atoms with Crippen LogP contribution in [-0.4, -0.2) is 65.5 Å². The maximum absolute atomic E-state index is 13.1. The number of carbonyl (C=O) groups is 3. The summed E-state index contributed by atoms with van der Waals surface area (Å²) >= 11 is 0. The van der Waals surface area contributed by atoms with Gasteiger partial charge in [-0.05, 0) is 55.7 Å². The van der Waals surface area contributed by atoms with Crippen LogP contribution in [0.25, 0.3) is 0 Å². The second-order valence-electron chi connectivity index (χ2n) is 8.32. The Morgan fingerprint density at radius 1 is 1.18 bits per heavy atom. The number of amides is 2. The molecular weight excluding hydrogens is 360 g/mol. The number of hydrogen-bond acceptors (Lipinski definition) is 4. The van der Waals surface area contributed by atoms with E-state index in [-0.39, 0.29) is 23.1 Å². The molecule has 0 unspecified atom stereocenters. The predicted molar refractivity (Wildman–Crippen MR) is 101 cm³/mol. The van der Waals surface area contributed by atoms with Crippen molar-refractivity contribution >= 4 is 17.8 Å². The van der Waals surface area contributed by atoms with Gasteiger partial charge < -0.3 is 19.6 Å². The molecule has 7 nitrogen and oxygen atoms in total. The highest BCUT2D eigenvalue weighted by Gasteiger charge is 2.50. The van der Waals surface area contributed by atoms with Crippen LogP contribution < -0.4 is 4.74 Å². The summed E-state index contributed by atoms with van der Waals surface area (Å²) in [6, 6.07) is 5.98. The number of likely N-dealkylation sites (tertiary alicyclic amines) is 2. The van der Waals surface area contributed by atoms with E-state index in [1.165, 1.54) is 12.0 Å². The van der Waals surface area contributed by atoms with Gasteiger partial charge in [0, 0.05) is 31.1 Å². The Kier molecular flexibility index (Phi) is 4.77. The Bertz CT molecular complexity index is 796. The van der Waals surface area contributed by atoms with Crippen molar-refractivity contribution in [2.45, 2.75) is 38.1 Å². The molecule has 0 radical (unpaired) electrons. The zero-order valence-corrected chi connectivity index (χ0v) is 16.1. The molecule has 2 amide bonds. The summed E-state index contributed by atoms with van der Waals surface area (Å²) in [4.78, 5) is 40.7. The van der Waals surface area contributed by atoms with Gasteiger partial charge in [-0.25, -0.2) is 4.79 Å². The lowest BCUT2D eigenvalue weighted by molar-refractivity contribution is -0.141. The Morgan fingerprint density at radius 2 is 1.89 bits per heavy atom. The first-order valence-electron chi connectivity index (χ1n) is 9.89. The third-order valence-electron chi connectivity index (χ3n) is 6.43. The third kappa shape index (κ3) is 3.45. The molecule has 1 atom stereocenters. The van der Waals surface area contributed by atoms with E-state index in [1.807, 2.05) is 4.90 Å². The van der Waals surface area contributed by atoms with Gasteiger partial charge in [0.05, 0.1) is 7.11 Å². The first kappa shape index (κ1) is 18.8. The fourth-order valence-corrected chi connectivity index (χ4v) is 4.56. The highest BCUT2D eigenvalue weighted by Crippen LogP contribution is 2.45. The normalized spacial score (nSPS) is 23.7. The van der Waals surface area contributed by atoms with E-state index in [2.05, 4.69) is 0 Å². The van der Waals surface area contributed by atoms with Gasteiger partial charge in [0.1, 0.15) is 11.8 Å². The molecule has 2 saturated heterocycles. The van der Waals surface area contributed by atoms with Crippen molar-refractivity contribution < 1.29 is 24.2 Å². The molecule has 0 aromatic heterocycles. The molecule has 1 spiro atoms. The van der Waals surface area contributed by atoms with E-state index in [4.69, 9.17) is 4.74 Å². The summed E-state index contributed by atoms with van der Waals surface area (Å²) in [5, 5.41) is 9.73. The van der Waals surface area contributed by atoms with Gasteiger partial charge in [-0.3, -0.25) is 9.59 Å². The quantitative estimate of drug-likeness (QED) is 0.855. The summed E-state index contributed by atoms with van der Waals surface area (Å²) in [7, 11) is 1.53. The number of rotatable bonds is 4. The largest absolute Gasteiger partial charge is 0.497 e. The van der Waals surface area contributed by atoms with E-state index in [0.717, 1.165) is 25.7 Å². The van der Waals surface area contributed by atoms with Crippen LogP contribution in [0, 0.1) is 11.3 Å². The first-order valence-corrected chi connectivity index (χ1v) is 9.89. The van der Waals surface area contributed by atoms with Crippen LogP contribution in [0.3, 0.4) is 0 Å². The molecule has 1 saturated carbocycles. The molecule has 2 aliphatic heterocycles. The second-order valence-corrected chi connectivity index (χ2v) is 8.32.